The van der Waals surface area contributed by atoms with Crippen molar-refractivity contribution >= 4 is 17.6 Å². The van der Waals surface area contributed by atoms with Gasteiger partial charge in [0.1, 0.15) is 0 Å². The van der Waals surface area contributed by atoms with Crippen molar-refractivity contribution in [1.82, 2.24) is 0 Å². The number of hydrogen-bond acceptors (Lipinski definition) is 5. The molecule has 2 aliphatic carbocycles. The van der Waals surface area contributed by atoms with Crippen molar-refractivity contribution in [3.63, 3.8) is 0 Å². The van der Waals surface area contributed by atoms with Gasteiger partial charge in [0.05, 0.1) is 0 Å². The first-order valence-corrected chi connectivity index (χ1v) is 25.2. The zero-order valence-corrected chi connectivity index (χ0v) is 24.8. The molecule has 1 saturated heterocycles. The Morgan fingerprint density at radius 1 is 0.933 bits per heavy atom. The summed E-state index contributed by atoms with van der Waals surface area (Å²) >= 11 is -4.72. The number of esters is 1. The molecular weight excluding hydrogens is 520 g/mol. The van der Waals surface area contributed by atoms with Crippen LogP contribution >= 0.6 is 0 Å². The van der Waals surface area contributed by atoms with E-state index in [0.717, 1.165) is 0 Å². The maximum atomic E-state index is 12.7. The number of rotatable bonds is 5. The van der Waals surface area contributed by atoms with Crippen LogP contribution in [-0.2, 0) is 28.8 Å². The van der Waals surface area contributed by atoms with Crippen LogP contribution in [0.25, 0.3) is 0 Å². The molecule has 1 aliphatic heterocycles. The van der Waals surface area contributed by atoms with E-state index in [9.17, 15) is 20.1 Å². The van der Waals surface area contributed by atoms with E-state index in [0.29, 0.717) is 11.8 Å². The van der Waals surface area contributed by atoms with Crippen LogP contribution in [0.3, 0.4) is 0 Å². The van der Waals surface area contributed by atoms with Crippen LogP contribution in [0.2, 0.25) is 0 Å². The van der Waals surface area contributed by atoms with Gasteiger partial charge < -0.3 is 0 Å². The molecule has 0 bridgehead atoms. The fourth-order valence-corrected chi connectivity index (χ4v) is 46.7. The van der Waals surface area contributed by atoms with E-state index in [1.807, 2.05) is 0 Å². The summed E-state index contributed by atoms with van der Waals surface area (Å²) in [7, 11) is 0. The van der Waals surface area contributed by atoms with Crippen molar-refractivity contribution in [2.45, 2.75) is 72.0 Å². The average Bonchev–Trinajstić information content (AvgIpc) is 3.13. The molecule has 0 spiro atoms. The predicted octanol–water partition coefficient (Wildman–Crippen LogP) is 2.18. The van der Waals surface area contributed by atoms with Crippen LogP contribution in [-0.4, -0.2) is 56.2 Å². The molecule has 1 heterocycles. The standard InChI is InChI=1S/2C9H13.C5H9GeO5.Zr/c2*1-6-5-7(2)9(4)8(6)3;6-5(10)3(8)2(1-7)11-4(5)9;/h2*6H,1-4H3;2-3,7-8,10H,1,6H2;/t;;2-,3+,5+;/m..1./s1. The zero-order chi connectivity index (χ0) is 22.7. The van der Waals surface area contributed by atoms with Gasteiger partial charge in [-0.1, -0.05) is 0 Å². The Morgan fingerprint density at radius 3 is 1.67 bits per heavy atom. The molecule has 30 heavy (non-hydrogen) atoms. The van der Waals surface area contributed by atoms with Crippen LogP contribution in [0.4, 0.5) is 0 Å². The summed E-state index contributed by atoms with van der Waals surface area (Å²) in [5.74, 6) is -0.0705. The van der Waals surface area contributed by atoms with Gasteiger partial charge in [0, 0.05) is 0 Å². The summed E-state index contributed by atoms with van der Waals surface area (Å²) in [5.41, 5.74) is 8.08. The van der Waals surface area contributed by atoms with Gasteiger partial charge in [0.15, 0.2) is 0 Å². The van der Waals surface area contributed by atoms with Gasteiger partial charge in [-0.2, -0.15) is 0 Å². The zero-order valence-electron chi connectivity index (χ0n) is 19.4. The molecule has 2 unspecified atom stereocenters. The van der Waals surface area contributed by atoms with Gasteiger partial charge in [-0.15, -0.1) is 0 Å². The normalized spacial score (nSPS) is 35.1. The van der Waals surface area contributed by atoms with Gasteiger partial charge in [0.25, 0.3) is 0 Å². The van der Waals surface area contributed by atoms with Crippen molar-refractivity contribution in [2.24, 2.45) is 11.8 Å². The van der Waals surface area contributed by atoms with E-state index >= 15 is 0 Å². The Hall–Kier alpha value is -0.264. The van der Waals surface area contributed by atoms with E-state index < -0.39 is 60.1 Å². The molecule has 7 heteroatoms. The Labute approximate surface area is 191 Å². The fraction of sp³-hybridized carbons (Fsp3) is 0.609. The van der Waals surface area contributed by atoms with E-state index in [-0.39, 0.29) is 0 Å². The van der Waals surface area contributed by atoms with Crippen LogP contribution in [0, 0.1) is 11.8 Å². The third-order valence-electron chi connectivity index (χ3n) is 8.01. The number of allylic oxidation sites excluding steroid dienone is 8. The minimum atomic E-state index is -2.67. The summed E-state index contributed by atoms with van der Waals surface area (Å²) in [6, 6.07) is 0. The number of aliphatic hydroxyl groups is 3. The van der Waals surface area contributed by atoms with Crippen LogP contribution in [0.15, 0.2) is 40.0 Å². The third kappa shape index (κ3) is 3.55. The van der Waals surface area contributed by atoms with Crippen LogP contribution in [0.5, 0.6) is 0 Å². The van der Waals surface area contributed by atoms with Crippen LogP contribution < -0.4 is 0 Å². The summed E-state index contributed by atoms with van der Waals surface area (Å²) in [4.78, 5) is 12.7. The van der Waals surface area contributed by atoms with Crippen molar-refractivity contribution < 1.29 is 44.1 Å². The number of ether oxygens (including phenoxy) is 1. The van der Waals surface area contributed by atoms with Gasteiger partial charge in [-0.3, -0.25) is 0 Å². The molecule has 0 amide bonds. The first kappa shape index (κ1) is 24.4. The van der Waals surface area contributed by atoms with Gasteiger partial charge >= 0.3 is 192 Å². The SMILES string of the molecule is CC1=C(C)C(C)[C]([Zr]([GeH2][C@@]2(O)C(=O)O[C@H](CO)[C@@H]2O)[C]2=C(C)C(C)=C(C)C2C)=C1C. The Balaban J connectivity index is 2.13. The number of cyclic esters (lactones) is 1. The molecule has 0 saturated carbocycles. The molecule has 5 atom stereocenters. The molecule has 0 aromatic rings. The summed E-state index contributed by atoms with van der Waals surface area (Å²) in [6.07, 6.45) is -2.35. The number of hydrogen-bond donors (Lipinski definition) is 3. The monoisotopic (exact) mass is 555 g/mol. The van der Waals surface area contributed by atoms with E-state index in [2.05, 4.69) is 55.4 Å². The predicted molar refractivity (Wildman–Crippen MR) is 117 cm³/mol. The van der Waals surface area contributed by atoms with E-state index in [1.165, 1.54) is 40.0 Å². The second kappa shape index (κ2) is 8.59. The van der Waals surface area contributed by atoms with Crippen LogP contribution in [0.1, 0.15) is 55.4 Å². The second-order valence-corrected chi connectivity index (χ2v) is 30.6. The van der Waals surface area contributed by atoms with Gasteiger partial charge in [-0.25, -0.2) is 0 Å². The fourth-order valence-electron chi connectivity index (χ4n) is 5.35. The summed E-state index contributed by atoms with van der Waals surface area (Å²) in [6.45, 7) is 17.1. The van der Waals surface area contributed by atoms with Crippen molar-refractivity contribution in [1.29, 1.82) is 0 Å². The first-order valence-electron chi connectivity index (χ1n) is 10.7. The maximum absolute atomic E-state index is 12.7. The Bertz CT molecular complexity index is 863. The molecule has 0 aromatic heterocycles. The molecule has 3 N–H and O–H groups in total. The molecule has 1 fully saturated rings. The first-order chi connectivity index (χ1) is 13.9. The quantitative estimate of drug-likeness (QED) is 0.358. The Morgan fingerprint density at radius 2 is 1.37 bits per heavy atom. The van der Waals surface area contributed by atoms with E-state index in [1.54, 1.807) is 0 Å². The molecular formula is C23H35GeO5Zr. The average molecular weight is 555 g/mol. The molecule has 3 rings (SSSR count). The molecule has 0 radical (unpaired) electrons. The topological polar surface area (TPSA) is 87.0 Å². The molecule has 5 nitrogen and oxygen atoms in total. The molecule has 165 valence electrons. The number of aliphatic hydroxyl groups excluding tert-OH is 2. The summed E-state index contributed by atoms with van der Waals surface area (Å²) in [5, 5.41) is 31.7. The Kier molecular flexibility index (Phi) is 6.98. The van der Waals surface area contributed by atoms with Gasteiger partial charge in [-0.05, 0) is 0 Å². The number of carbonyl (C=O) groups excluding carboxylic acids is 1. The number of carbonyl (C=O) groups is 1. The summed E-state index contributed by atoms with van der Waals surface area (Å²) < 4.78 is 6.39. The minimum absolute atomic E-state index is 0.325. The molecule has 3 aliphatic rings. The third-order valence-corrected chi connectivity index (χ3v) is 39.4. The van der Waals surface area contributed by atoms with Crippen molar-refractivity contribution in [2.75, 3.05) is 6.61 Å². The van der Waals surface area contributed by atoms with Crippen molar-refractivity contribution in [3.8, 4) is 0 Å². The second-order valence-electron chi connectivity index (χ2n) is 9.29. The van der Waals surface area contributed by atoms with Crippen molar-refractivity contribution in [3.05, 3.63) is 40.0 Å². The van der Waals surface area contributed by atoms with Gasteiger partial charge in [0.2, 0.25) is 0 Å². The molecule has 0 aromatic carbocycles. The van der Waals surface area contributed by atoms with E-state index in [4.69, 9.17) is 4.74 Å².